The zero-order chi connectivity index (χ0) is 20.0. The lowest BCUT2D eigenvalue weighted by atomic mass is 10.0. The molecule has 1 N–H and O–H groups in total. The summed E-state index contributed by atoms with van der Waals surface area (Å²) in [7, 11) is -3.70. The van der Waals surface area contributed by atoms with Crippen molar-refractivity contribution >= 4 is 27.4 Å². The molecule has 2 aromatic carbocycles. The molecule has 0 fully saturated rings. The standard InChI is InChI=1S/C20H24N2O4S/c1-4-19(16-9-6-5-7-10-16)21-20(24)14-22(27(3,25)26)18-12-8-11-17(13-18)15(2)23/h5-13,19H,4,14H2,1-3H3,(H,21,24). The summed E-state index contributed by atoms with van der Waals surface area (Å²) >= 11 is 0. The fourth-order valence-electron chi connectivity index (χ4n) is 2.76. The lowest BCUT2D eigenvalue weighted by molar-refractivity contribution is -0.120. The third-order valence-electron chi connectivity index (χ3n) is 4.17. The first-order valence-corrected chi connectivity index (χ1v) is 10.5. The number of nitrogens with one attached hydrogen (secondary N) is 1. The van der Waals surface area contributed by atoms with Gasteiger partial charge in [-0.1, -0.05) is 49.4 Å². The smallest absolute Gasteiger partial charge is 0.241 e. The van der Waals surface area contributed by atoms with Gasteiger partial charge < -0.3 is 5.32 Å². The van der Waals surface area contributed by atoms with E-state index in [2.05, 4.69) is 5.32 Å². The molecule has 1 unspecified atom stereocenters. The number of carbonyl (C=O) groups is 2. The topological polar surface area (TPSA) is 83.6 Å². The van der Waals surface area contributed by atoms with Gasteiger partial charge in [0.2, 0.25) is 15.9 Å². The van der Waals surface area contributed by atoms with Crippen LogP contribution in [-0.2, 0) is 14.8 Å². The zero-order valence-electron chi connectivity index (χ0n) is 15.7. The molecule has 2 aromatic rings. The van der Waals surface area contributed by atoms with E-state index in [-0.39, 0.29) is 24.1 Å². The van der Waals surface area contributed by atoms with E-state index in [1.54, 1.807) is 18.2 Å². The summed E-state index contributed by atoms with van der Waals surface area (Å²) < 4.78 is 25.5. The van der Waals surface area contributed by atoms with Crippen LogP contribution in [0.2, 0.25) is 0 Å². The summed E-state index contributed by atoms with van der Waals surface area (Å²) in [6.45, 7) is 2.99. The number of Topliss-reactive ketones (excluding diaryl/α,β-unsaturated/α-hetero) is 1. The van der Waals surface area contributed by atoms with Gasteiger partial charge in [-0.3, -0.25) is 13.9 Å². The maximum absolute atomic E-state index is 12.6. The minimum atomic E-state index is -3.70. The fraction of sp³-hybridized carbons (Fsp3) is 0.300. The fourth-order valence-corrected chi connectivity index (χ4v) is 3.61. The quantitative estimate of drug-likeness (QED) is 0.705. The summed E-state index contributed by atoms with van der Waals surface area (Å²) in [4.78, 5) is 24.1. The Hall–Kier alpha value is -2.67. The second-order valence-corrected chi connectivity index (χ2v) is 8.22. The van der Waals surface area contributed by atoms with E-state index in [1.165, 1.54) is 13.0 Å². The van der Waals surface area contributed by atoms with E-state index in [0.717, 1.165) is 16.1 Å². The Kier molecular flexibility index (Phi) is 6.74. The molecule has 1 amide bonds. The molecule has 0 heterocycles. The van der Waals surface area contributed by atoms with E-state index >= 15 is 0 Å². The number of amides is 1. The van der Waals surface area contributed by atoms with Crippen LogP contribution in [0.1, 0.15) is 42.2 Å². The van der Waals surface area contributed by atoms with E-state index in [0.29, 0.717) is 12.0 Å². The molecule has 0 bridgehead atoms. The Morgan fingerprint density at radius 1 is 1.07 bits per heavy atom. The van der Waals surface area contributed by atoms with Crippen LogP contribution in [0.25, 0.3) is 0 Å². The Balaban J connectivity index is 2.23. The summed E-state index contributed by atoms with van der Waals surface area (Å²) in [6, 6.07) is 15.5. The van der Waals surface area contributed by atoms with Crippen molar-refractivity contribution in [2.45, 2.75) is 26.3 Å². The van der Waals surface area contributed by atoms with Gasteiger partial charge in [0.15, 0.2) is 5.78 Å². The van der Waals surface area contributed by atoms with E-state index in [9.17, 15) is 18.0 Å². The average Bonchev–Trinajstić information content (AvgIpc) is 2.64. The number of carbonyl (C=O) groups excluding carboxylic acids is 2. The predicted octanol–water partition coefficient (Wildman–Crippen LogP) is 2.92. The van der Waals surface area contributed by atoms with Crippen LogP contribution in [0, 0.1) is 0 Å². The Bertz CT molecular complexity index is 911. The van der Waals surface area contributed by atoms with Crippen molar-refractivity contribution in [1.82, 2.24) is 5.32 Å². The number of sulfonamides is 1. The number of rotatable bonds is 8. The molecular formula is C20H24N2O4S. The number of nitrogens with zero attached hydrogens (tertiary/aromatic N) is 1. The first-order chi connectivity index (χ1) is 12.7. The summed E-state index contributed by atoms with van der Waals surface area (Å²) in [6.07, 6.45) is 1.71. The molecule has 144 valence electrons. The minimum Gasteiger partial charge on any atom is -0.348 e. The lowest BCUT2D eigenvalue weighted by Gasteiger charge is -2.24. The van der Waals surface area contributed by atoms with Crippen molar-refractivity contribution in [3.63, 3.8) is 0 Å². The molecule has 2 rings (SSSR count). The van der Waals surface area contributed by atoms with Gasteiger partial charge in [-0.2, -0.15) is 0 Å². The normalized spacial score (nSPS) is 12.3. The number of benzene rings is 2. The Labute approximate surface area is 160 Å². The second-order valence-electron chi connectivity index (χ2n) is 6.32. The van der Waals surface area contributed by atoms with Gasteiger partial charge in [0.05, 0.1) is 18.0 Å². The Morgan fingerprint density at radius 2 is 1.74 bits per heavy atom. The first kappa shape index (κ1) is 20.6. The number of anilines is 1. The van der Waals surface area contributed by atoms with Crippen LogP contribution in [0.3, 0.4) is 0 Å². The SMILES string of the molecule is CCC(NC(=O)CN(c1cccc(C(C)=O)c1)S(C)(=O)=O)c1ccccc1. The molecule has 0 aliphatic rings. The van der Waals surface area contributed by atoms with Gasteiger partial charge in [-0.25, -0.2) is 8.42 Å². The Morgan fingerprint density at radius 3 is 2.30 bits per heavy atom. The molecule has 1 atom stereocenters. The van der Waals surface area contributed by atoms with E-state index in [1.807, 2.05) is 37.3 Å². The molecule has 0 saturated carbocycles. The summed E-state index contributed by atoms with van der Waals surface area (Å²) in [5.41, 5.74) is 1.63. The van der Waals surface area contributed by atoms with Gasteiger partial charge in [0.25, 0.3) is 0 Å². The molecule has 0 spiro atoms. The average molecular weight is 388 g/mol. The van der Waals surface area contributed by atoms with Crippen LogP contribution in [-0.4, -0.2) is 32.9 Å². The molecule has 0 saturated heterocycles. The van der Waals surface area contributed by atoms with Crippen molar-refractivity contribution < 1.29 is 18.0 Å². The molecule has 0 aliphatic carbocycles. The highest BCUT2D eigenvalue weighted by Crippen LogP contribution is 2.20. The highest BCUT2D eigenvalue weighted by atomic mass is 32.2. The summed E-state index contributed by atoms with van der Waals surface area (Å²) in [5, 5.41) is 2.88. The predicted molar refractivity (Wildman–Crippen MR) is 106 cm³/mol. The van der Waals surface area contributed by atoms with Crippen LogP contribution < -0.4 is 9.62 Å². The van der Waals surface area contributed by atoms with Crippen molar-refractivity contribution in [3.8, 4) is 0 Å². The van der Waals surface area contributed by atoms with Gasteiger partial charge >= 0.3 is 0 Å². The highest BCUT2D eigenvalue weighted by molar-refractivity contribution is 7.92. The third-order valence-corrected chi connectivity index (χ3v) is 5.31. The van der Waals surface area contributed by atoms with E-state index in [4.69, 9.17) is 0 Å². The number of ketones is 1. The number of hydrogen-bond donors (Lipinski definition) is 1. The van der Waals surface area contributed by atoms with Crippen LogP contribution in [0.5, 0.6) is 0 Å². The van der Waals surface area contributed by atoms with E-state index < -0.39 is 15.9 Å². The molecule has 0 aliphatic heterocycles. The van der Waals surface area contributed by atoms with Crippen LogP contribution >= 0.6 is 0 Å². The molecule has 0 radical (unpaired) electrons. The first-order valence-electron chi connectivity index (χ1n) is 8.65. The third kappa shape index (κ3) is 5.65. The van der Waals surface area contributed by atoms with Gasteiger partial charge in [-0.05, 0) is 31.0 Å². The maximum atomic E-state index is 12.6. The molecule has 7 heteroatoms. The van der Waals surface area contributed by atoms with Crippen molar-refractivity contribution in [2.75, 3.05) is 17.1 Å². The van der Waals surface area contributed by atoms with Gasteiger partial charge in [-0.15, -0.1) is 0 Å². The monoisotopic (exact) mass is 388 g/mol. The lowest BCUT2D eigenvalue weighted by Crippen LogP contribution is -2.41. The second kappa shape index (κ2) is 8.81. The molecule has 0 aromatic heterocycles. The summed E-state index contributed by atoms with van der Waals surface area (Å²) in [5.74, 6) is -0.589. The largest absolute Gasteiger partial charge is 0.348 e. The van der Waals surface area contributed by atoms with Crippen molar-refractivity contribution in [3.05, 3.63) is 65.7 Å². The van der Waals surface area contributed by atoms with Gasteiger partial charge in [0, 0.05) is 5.56 Å². The highest BCUT2D eigenvalue weighted by Gasteiger charge is 2.23. The molecule has 6 nitrogen and oxygen atoms in total. The molecule has 27 heavy (non-hydrogen) atoms. The minimum absolute atomic E-state index is 0.176. The van der Waals surface area contributed by atoms with Crippen molar-refractivity contribution in [2.24, 2.45) is 0 Å². The number of hydrogen-bond acceptors (Lipinski definition) is 4. The van der Waals surface area contributed by atoms with Crippen LogP contribution in [0.15, 0.2) is 54.6 Å². The van der Waals surface area contributed by atoms with Crippen LogP contribution in [0.4, 0.5) is 5.69 Å². The zero-order valence-corrected chi connectivity index (χ0v) is 16.5. The maximum Gasteiger partial charge on any atom is 0.241 e. The van der Waals surface area contributed by atoms with Crippen molar-refractivity contribution in [1.29, 1.82) is 0 Å². The van der Waals surface area contributed by atoms with Gasteiger partial charge in [0.1, 0.15) is 6.54 Å². The molecular weight excluding hydrogens is 364 g/mol.